The van der Waals surface area contributed by atoms with E-state index >= 15 is 0 Å². The number of aromatic nitrogens is 1. The fourth-order valence-corrected chi connectivity index (χ4v) is 4.02. The van der Waals surface area contributed by atoms with Crippen molar-refractivity contribution < 1.29 is 19.1 Å². The molecule has 0 saturated heterocycles. The van der Waals surface area contributed by atoms with Gasteiger partial charge in [0.25, 0.3) is 0 Å². The van der Waals surface area contributed by atoms with Gasteiger partial charge < -0.3 is 5.11 Å². The molecule has 0 aliphatic carbocycles. The lowest BCUT2D eigenvalue weighted by molar-refractivity contribution is 0.0698. The molecule has 1 aromatic heterocycles. The fourth-order valence-electron chi connectivity index (χ4n) is 3.19. The molecule has 0 amide bonds. The van der Waals surface area contributed by atoms with E-state index in [1.54, 1.807) is 24.3 Å². The number of hydrogen-bond acceptors (Lipinski definition) is 5. The molecule has 4 aromatic rings. The van der Waals surface area contributed by atoms with Crippen molar-refractivity contribution >= 4 is 23.0 Å². The van der Waals surface area contributed by atoms with Crippen LogP contribution in [-0.2, 0) is 4.84 Å². The predicted octanol–water partition coefficient (Wildman–Crippen LogP) is 5.95. The minimum Gasteiger partial charge on any atom is -0.478 e. The van der Waals surface area contributed by atoms with E-state index in [4.69, 9.17) is 4.84 Å². The van der Waals surface area contributed by atoms with Gasteiger partial charge >= 0.3 is 5.97 Å². The molecule has 0 aliphatic rings. The molecule has 0 atom stereocenters. The highest BCUT2D eigenvalue weighted by atomic mass is 32.1. The Hall–Kier alpha value is -3.55. The number of nitrogens with zero attached hydrogens (tertiary/aromatic N) is 1. The summed E-state index contributed by atoms with van der Waals surface area (Å²) in [5.41, 5.74) is 6.87. The second kappa shape index (κ2) is 8.44. The number of carbonyl (C=O) groups is 1. The second-order valence-corrected chi connectivity index (χ2v) is 7.32. The SMILES string of the molecule is CONc1ccccc1-c1ccc(-c2nc(-c3cccc(F)c3)cs2)cc1C(=O)O. The van der Waals surface area contributed by atoms with Gasteiger partial charge in [0.1, 0.15) is 10.8 Å². The van der Waals surface area contributed by atoms with Crippen molar-refractivity contribution in [2.45, 2.75) is 0 Å². The molecule has 1 heterocycles. The second-order valence-electron chi connectivity index (χ2n) is 6.47. The van der Waals surface area contributed by atoms with Gasteiger partial charge in [0, 0.05) is 22.1 Å². The Morgan fingerprint density at radius 2 is 1.87 bits per heavy atom. The smallest absolute Gasteiger partial charge is 0.336 e. The molecule has 0 aliphatic heterocycles. The van der Waals surface area contributed by atoms with Crippen LogP contribution in [0.4, 0.5) is 10.1 Å². The molecule has 0 spiro atoms. The number of rotatable bonds is 6. The Balaban J connectivity index is 1.76. The maximum atomic E-state index is 13.5. The standard InChI is InChI=1S/C23H17FN2O3S/c1-29-26-20-8-3-2-7-18(20)17-10-9-15(12-19(17)23(27)28)22-25-21(13-30-22)14-5-4-6-16(24)11-14/h2-13,26H,1H3,(H,27,28). The van der Waals surface area contributed by atoms with E-state index in [0.717, 1.165) is 0 Å². The van der Waals surface area contributed by atoms with Crippen molar-refractivity contribution in [2.24, 2.45) is 0 Å². The third-order valence-corrected chi connectivity index (χ3v) is 5.44. The normalized spacial score (nSPS) is 10.7. The Morgan fingerprint density at radius 1 is 1.03 bits per heavy atom. The summed E-state index contributed by atoms with van der Waals surface area (Å²) in [4.78, 5) is 21.6. The number of thiazole rings is 1. The van der Waals surface area contributed by atoms with Gasteiger partial charge in [-0.25, -0.2) is 14.2 Å². The molecule has 2 N–H and O–H groups in total. The first kappa shape index (κ1) is 19.8. The van der Waals surface area contributed by atoms with E-state index in [1.165, 1.54) is 30.6 Å². The Bertz CT molecular complexity index is 1220. The van der Waals surface area contributed by atoms with E-state index in [9.17, 15) is 14.3 Å². The zero-order valence-corrected chi connectivity index (χ0v) is 16.7. The first-order chi connectivity index (χ1) is 14.6. The number of hydrogen-bond donors (Lipinski definition) is 2. The summed E-state index contributed by atoms with van der Waals surface area (Å²) in [5, 5.41) is 12.3. The first-order valence-electron chi connectivity index (χ1n) is 9.04. The van der Waals surface area contributed by atoms with Crippen LogP contribution in [0.3, 0.4) is 0 Å². The lowest BCUT2D eigenvalue weighted by atomic mass is 9.96. The quantitative estimate of drug-likeness (QED) is 0.377. The van der Waals surface area contributed by atoms with E-state index in [2.05, 4.69) is 10.5 Å². The molecular weight excluding hydrogens is 403 g/mol. The molecule has 3 aromatic carbocycles. The van der Waals surface area contributed by atoms with Gasteiger partial charge in [0.05, 0.1) is 24.1 Å². The molecule has 0 radical (unpaired) electrons. The highest BCUT2D eigenvalue weighted by Crippen LogP contribution is 2.35. The lowest BCUT2D eigenvalue weighted by Crippen LogP contribution is -2.03. The number of aromatic carboxylic acids is 1. The molecule has 4 rings (SSSR count). The summed E-state index contributed by atoms with van der Waals surface area (Å²) in [7, 11) is 1.50. The van der Waals surface area contributed by atoms with Crippen molar-refractivity contribution in [3.05, 3.63) is 83.5 Å². The summed E-state index contributed by atoms with van der Waals surface area (Å²) >= 11 is 1.38. The fraction of sp³-hybridized carbons (Fsp3) is 0.0435. The van der Waals surface area contributed by atoms with E-state index in [-0.39, 0.29) is 11.4 Å². The average molecular weight is 420 g/mol. The molecule has 0 bridgehead atoms. The van der Waals surface area contributed by atoms with Gasteiger partial charge in [-0.3, -0.25) is 10.3 Å². The third kappa shape index (κ3) is 3.94. The molecule has 150 valence electrons. The summed E-state index contributed by atoms with van der Waals surface area (Å²) in [5.74, 6) is -1.37. The minimum absolute atomic E-state index is 0.153. The van der Waals surface area contributed by atoms with Crippen molar-refractivity contribution in [3.63, 3.8) is 0 Å². The van der Waals surface area contributed by atoms with E-state index < -0.39 is 5.97 Å². The average Bonchev–Trinajstić information content (AvgIpc) is 3.24. The highest BCUT2D eigenvalue weighted by molar-refractivity contribution is 7.13. The number of anilines is 1. The topological polar surface area (TPSA) is 71.5 Å². The maximum absolute atomic E-state index is 13.5. The number of carboxylic acid groups (broad SMARTS) is 1. The molecule has 0 saturated carbocycles. The lowest BCUT2D eigenvalue weighted by Gasteiger charge is -2.13. The number of benzene rings is 3. The van der Waals surface area contributed by atoms with Crippen LogP contribution in [0.5, 0.6) is 0 Å². The number of para-hydroxylation sites is 1. The van der Waals surface area contributed by atoms with Crippen LogP contribution < -0.4 is 5.48 Å². The Kier molecular flexibility index (Phi) is 5.56. The third-order valence-electron chi connectivity index (χ3n) is 4.55. The van der Waals surface area contributed by atoms with Crippen molar-refractivity contribution in [3.8, 4) is 33.0 Å². The Labute approximate surface area is 176 Å². The van der Waals surface area contributed by atoms with E-state index in [1.807, 2.05) is 35.7 Å². The Morgan fingerprint density at radius 3 is 2.63 bits per heavy atom. The predicted molar refractivity (Wildman–Crippen MR) is 116 cm³/mol. The molecule has 5 nitrogen and oxygen atoms in total. The van der Waals surface area contributed by atoms with Crippen molar-refractivity contribution in [1.82, 2.24) is 4.98 Å². The van der Waals surface area contributed by atoms with Crippen LogP contribution in [0.1, 0.15) is 10.4 Å². The molecule has 30 heavy (non-hydrogen) atoms. The summed E-state index contributed by atoms with van der Waals surface area (Å²) in [6.45, 7) is 0. The van der Waals surface area contributed by atoms with Gasteiger partial charge in [0.2, 0.25) is 0 Å². The van der Waals surface area contributed by atoms with Crippen LogP contribution >= 0.6 is 11.3 Å². The van der Waals surface area contributed by atoms with Gasteiger partial charge in [0.15, 0.2) is 0 Å². The highest BCUT2D eigenvalue weighted by Gasteiger charge is 2.17. The van der Waals surface area contributed by atoms with Crippen LogP contribution in [0.15, 0.2) is 72.1 Å². The summed E-state index contributed by atoms with van der Waals surface area (Å²) in [6.07, 6.45) is 0. The van der Waals surface area contributed by atoms with Crippen molar-refractivity contribution in [2.75, 3.05) is 12.6 Å². The van der Waals surface area contributed by atoms with Crippen LogP contribution in [0.25, 0.3) is 33.0 Å². The number of nitrogens with one attached hydrogen (secondary N) is 1. The molecular formula is C23H17FN2O3S. The summed E-state index contributed by atoms with van der Waals surface area (Å²) < 4.78 is 13.5. The minimum atomic E-state index is -1.04. The molecule has 0 unspecified atom stereocenters. The maximum Gasteiger partial charge on any atom is 0.336 e. The largest absolute Gasteiger partial charge is 0.478 e. The zero-order valence-electron chi connectivity index (χ0n) is 15.9. The molecule has 0 fully saturated rings. The zero-order chi connectivity index (χ0) is 21.1. The summed E-state index contributed by atoms with van der Waals surface area (Å²) in [6, 6.07) is 18.7. The van der Waals surface area contributed by atoms with Gasteiger partial charge in [-0.2, -0.15) is 0 Å². The van der Waals surface area contributed by atoms with Gasteiger partial charge in [-0.15, -0.1) is 11.3 Å². The van der Waals surface area contributed by atoms with Crippen LogP contribution in [-0.4, -0.2) is 23.2 Å². The first-order valence-corrected chi connectivity index (χ1v) is 9.92. The van der Waals surface area contributed by atoms with Crippen LogP contribution in [0, 0.1) is 5.82 Å². The number of halogens is 1. The molecule has 7 heteroatoms. The van der Waals surface area contributed by atoms with E-state index in [0.29, 0.717) is 38.6 Å². The number of carboxylic acids is 1. The van der Waals surface area contributed by atoms with Crippen molar-refractivity contribution in [1.29, 1.82) is 0 Å². The van der Waals surface area contributed by atoms with Gasteiger partial charge in [-0.05, 0) is 29.8 Å². The van der Waals surface area contributed by atoms with Gasteiger partial charge in [-0.1, -0.05) is 42.5 Å². The monoisotopic (exact) mass is 420 g/mol. The van der Waals surface area contributed by atoms with Crippen LogP contribution in [0.2, 0.25) is 0 Å².